The first kappa shape index (κ1) is 18.3. The monoisotopic (exact) mass is 364 g/mol. The number of aryl methyl sites for hydroxylation is 1. The van der Waals surface area contributed by atoms with Gasteiger partial charge in [-0.3, -0.25) is 14.6 Å². The van der Waals surface area contributed by atoms with Crippen LogP contribution in [0.4, 0.5) is 5.69 Å². The molecule has 1 aromatic carbocycles. The van der Waals surface area contributed by atoms with Crippen molar-refractivity contribution in [3.05, 3.63) is 70.4 Å². The van der Waals surface area contributed by atoms with Crippen LogP contribution in [0.25, 0.3) is 11.4 Å². The number of H-pyrrole nitrogens is 1. The predicted octanol–water partition coefficient (Wildman–Crippen LogP) is 2.72. The molecular weight excluding hydrogens is 344 g/mol. The molecule has 0 fully saturated rings. The number of nitrogens with one attached hydrogen (secondary N) is 2. The van der Waals surface area contributed by atoms with Crippen molar-refractivity contribution < 1.29 is 9.53 Å². The average molecular weight is 364 g/mol. The minimum Gasteiger partial charge on any atom is -0.497 e. The lowest BCUT2D eigenvalue weighted by Gasteiger charge is -2.09. The van der Waals surface area contributed by atoms with Crippen molar-refractivity contribution >= 4 is 11.6 Å². The third kappa shape index (κ3) is 4.58. The molecule has 0 spiro atoms. The molecule has 0 unspecified atom stereocenters. The number of benzene rings is 1. The summed E-state index contributed by atoms with van der Waals surface area (Å²) in [5.74, 6) is 0.973. The van der Waals surface area contributed by atoms with E-state index < -0.39 is 0 Å². The van der Waals surface area contributed by atoms with Crippen LogP contribution in [0.5, 0.6) is 5.75 Å². The van der Waals surface area contributed by atoms with E-state index in [9.17, 15) is 9.59 Å². The number of carbonyl (C=O) groups excluding carboxylic acids is 1. The van der Waals surface area contributed by atoms with E-state index >= 15 is 0 Å². The number of methoxy groups -OCH3 is 1. The average Bonchev–Trinajstić information content (AvgIpc) is 2.68. The molecule has 0 aliphatic heterocycles. The molecule has 0 saturated carbocycles. The maximum absolute atomic E-state index is 12.4. The Morgan fingerprint density at radius 1 is 1.22 bits per heavy atom. The van der Waals surface area contributed by atoms with Gasteiger partial charge in [0, 0.05) is 47.4 Å². The molecule has 0 radical (unpaired) electrons. The number of rotatable bonds is 6. The van der Waals surface area contributed by atoms with Gasteiger partial charge in [-0.25, -0.2) is 4.98 Å². The van der Waals surface area contributed by atoms with Gasteiger partial charge in [-0.05, 0) is 37.6 Å². The van der Waals surface area contributed by atoms with Gasteiger partial charge in [0.05, 0.1) is 7.11 Å². The van der Waals surface area contributed by atoms with Crippen LogP contribution >= 0.6 is 0 Å². The van der Waals surface area contributed by atoms with Gasteiger partial charge in [0.1, 0.15) is 11.6 Å². The zero-order chi connectivity index (χ0) is 19.2. The molecule has 0 aliphatic rings. The lowest BCUT2D eigenvalue weighted by molar-refractivity contribution is -0.116. The van der Waals surface area contributed by atoms with E-state index in [1.807, 2.05) is 0 Å². The van der Waals surface area contributed by atoms with E-state index in [0.717, 1.165) is 5.56 Å². The van der Waals surface area contributed by atoms with Crippen molar-refractivity contribution in [2.24, 2.45) is 0 Å². The Hall–Kier alpha value is -3.48. The number of aromatic nitrogens is 3. The second-order valence-electron chi connectivity index (χ2n) is 5.99. The van der Waals surface area contributed by atoms with Gasteiger partial charge in [0.25, 0.3) is 5.56 Å². The number of pyridine rings is 1. The molecule has 7 nitrogen and oxygen atoms in total. The minimum atomic E-state index is -0.233. The van der Waals surface area contributed by atoms with E-state index in [0.29, 0.717) is 34.9 Å². The molecule has 7 heteroatoms. The van der Waals surface area contributed by atoms with Crippen LogP contribution in [0.2, 0.25) is 0 Å². The highest BCUT2D eigenvalue weighted by Crippen LogP contribution is 2.17. The number of amides is 1. The summed E-state index contributed by atoms with van der Waals surface area (Å²) in [5, 5.41) is 2.80. The summed E-state index contributed by atoms with van der Waals surface area (Å²) < 4.78 is 5.14. The quantitative estimate of drug-likeness (QED) is 0.701. The number of nitrogens with zero attached hydrogens (tertiary/aromatic N) is 2. The molecule has 0 aliphatic carbocycles. The molecule has 1 amide bonds. The van der Waals surface area contributed by atoms with Crippen LogP contribution < -0.4 is 15.6 Å². The SMILES string of the molecule is COc1cccc(NC(=O)CCc2c(C)nc(-c3ccncc3)[nH]c2=O)c1. The Morgan fingerprint density at radius 3 is 2.70 bits per heavy atom. The van der Waals surface area contributed by atoms with E-state index in [1.165, 1.54) is 0 Å². The van der Waals surface area contributed by atoms with Crippen LogP contribution in [0.15, 0.2) is 53.6 Å². The third-order valence-electron chi connectivity index (χ3n) is 4.13. The first-order valence-electron chi connectivity index (χ1n) is 8.51. The van der Waals surface area contributed by atoms with Gasteiger partial charge in [0.15, 0.2) is 0 Å². The lowest BCUT2D eigenvalue weighted by Crippen LogP contribution is -2.20. The van der Waals surface area contributed by atoms with Crippen molar-refractivity contribution in [2.45, 2.75) is 19.8 Å². The highest BCUT2D eigenvalue weighted by molar-refractivity contribution is 5.91. The summed E-state index contributed by atoms with van der Waals surface area (Å²) in [6, 6.07) is 10.7. The van der Waals surface area contributed by atoms with Crippen molar-refractivity contribution in [2.75, 3.05) is 12.4 Å². The number of carbonyl (C=O) groups is 1. The Bertz CT molecular complexity index is 1000. The Balaban J connectivity index is 1.69. The zero-order valence-corrected chi connectivity index (χ0v) is 15.2. The maximum Gasteiger partial charge on any atom is 0.254 e. The number of hydrogen-bond acceptors (Lipinski definition) is 5. The number of ether oxygens (including phenoxy) is 1. The number of anilines is 1. The van der Waals surface area contributed by atoms with Gasteiger partial charge in [-0.15, -0.1) is 0 Å². The fourth-order valence-electron chi connectivity index (χ4n) is 2.71. The lowest BCUT2D eigenvalue weighted by atomic mass is 10.1. The van der Waals surface area contributed by atoms with E-state index in [1.54, 1.807) is 62.8 Å². The van der Waals surface area contributed by atoms with Gasteiger partial charge >= 0.3 is 0 Å². The van der Waals surface area contributed by atoms with Crippen molar-refractivity contribution in [1.29, 1.82) is 0 Å². The largest absolute Gasteiger partial charge is 0.497 e. The second kappa shape index (κ2) is 8.27. The fraction of sp³-hybridized carbons (Fsp3) is 0.200. The summed E-state index contributed by atoms with van der Waals surface area (Å²) in [5.41, 5.74) is 2.32. The van der Waals surface area contributed by atoms with Crippen LogP contribution in [-0.4, -0.2) is 28.0 Å². The van der Waals surface area contributed by atoms with Gasteiger partial charge < -0.3 is 15.0 Å². The highest BCUT2D eigenvalue weighted by Gasteiger charge is 2.12. The normalized spacial score (nSPS) is 10.4. The molecule has 0 saturated heterocycles. The Morgan fingerprint density at radius 2 is 2.00 bits per heavy atom. The Kier molecular flexibility index (Phi) is 5.61. The van der Waals surface area contributed by atoms with Crippen molar-refractivity contribution in [3.63, 3.8) is 0 Å². The van der Waals surface area contributed by atoms with Crippen LogP contribution in [0.3, 0.4) is 0 Å². The molecule has 138 valence electrons. The third-order valence-corrected chi connectivity index (χ3v) is 4.13. The van der Waals surface area contributed by atoms with Gasteiger partial charge in [-0.1, -0.05) is 6.07 Å². The summed E-state index contributed by atoms with van der Waals surface area (Å²) in [4.78, 5) is 35.8. The fourth-order valence-corrected chi connectivity index (χ4v) is 2.71. The molecule has 0 atom stereocenters. The van der Waals surface area contributed by atoms with Crippen LogP contribution in [-0.2, 0) is 11.2 Å². The Labute approximate surface area is 156 Å². The molecule has 0 bridgehead atoms. The zero-order valence-electron chi connectivity index (χ0n) is 15.2. The molecule has 27 heavy (non-hydrogen) atoms. The molecular formula is C20H20N4O3. The maximum atomic E-state index is 12.4. The van der Waals surface area contributed by atoms with Crippen molar-refractivity contribution in [1.82, 2.24) is 15.0 Å². The highest BCUT2D eigenvalue weighted by atomic mass is 16.5. The van der Waals surface area contributed by atoms with Crippen LogP contribution in [0.1, 0.15) is 17.7 Å². The van der Waals surface area contributed by atoms with Crippen molar-refractivity contribution in [3.8, 4) is 17.1 Å². The molecule has 2 N–H and O–H groups in total. The van der Waals surface area contributed by atoms with E-state index in [4.69, 9.17) is 4.74 Å². The number of aromatic amines is 1. The topological polar surface area (TPSA) is 97.0 Å². The van der Waals surface area contributed by atoms with Crippen LogP contribution in [0, 0.1) is 6.92 Å². The summed E-state index contributed by atoms with van der Waals surface area (Å²) in [7, 11) is 1.57. The second-order valence-corrected chi connectivity index (χ2v) is 5.99. The predicted molar refractivity (Wildman–Crippen MR) is 103 cm³/mol. The first-order valence-corrected chi connectivity index (χ1v) is 8.51. The van der Waals surface area contributed by atoms with Gasteiger partial charge in [-0.2, -0.15) is 0 Å². The molecule has 3 rings (SSSR count). The standard InChI is InChI=1S/C20H20N4O3/c1-13-17(20(26)24-19(22-13)14-8-10-21-11-9-14)6-7-18(25)23-15-4-3-5-16(12-15)27-2/h3-5,8-12H,6-7H2,1-2H3,(H,23,25)(H,22,24,26). The molecule has 2 heterocycles. The summed E-state index contributed by atoms with van der Waals surface area (Å²) in [6.07, 6.45) is 3.76. The number of hydrogen-bond donors (Lipinski definition) is 2. The van der Waals surface area contributed by atoms with E-state index in [-0.39, 0.29) is 17.9 Å². The summed E-state index contributed by atoms with van der Waals surface area (Å²) in [6.45, 7) is 1.77. The smallest absolute Gasteiger partial charge is 0.254 e. The van der Waals surface area contributed by atoms with E-state index in [2.05, 4.69) is 20.3 Å². The molecule has 2 aromatic heterocycles. The van der Waals surface area contributed by atoms with Gasteiger partial charge in [0.2, 0.25) is 5.91 Å². The first-order chi connectivity index (χ1) is 13.1. The molecule has 3 aromatic rings. The summed E-state index contributed by atoms with van der Waals surface area (Å²) >= 11 is 0. The minimum absolute atomic E-state index is 0.178.